The van der Waals surface area contributed by atoms with E-state index < -0.39 is 23.0 Å². The molecule has 0 spiro atoms. The van der Waals surface area contributed by atoms with Gasteiger partial charge in [-0.3, -0.25) is 9.59 Å². The highest BCUT2D eigenvalue weighted by molar-refractivity contribution is 5.70. The predicted octanol–water partition coefficient (Wildman–Crippen LogP) is 4.70. The normalized spacial score (nSPS) is 14.9. The Morgan fingerprint density at radius 1 is 0.781 bits per heavy atom. The molecule has 0 aliphatic heterocycles. The zero-order valence-corrected chi connectivity index (χ0v) is 19.8. The van der Waals surface area contributed by atoms with Gasteiger partial charge in [-0.25, -0.2) is 0 Å². The quantitative estimate of drug-likeness (QED) is 0.179. The number of ether oxygens (including phenoxy) is 2. The Labute approximate surface area is 191 Å². The van der Waals surface area contributed by atoms with Gasteiger partial charge in [-0.2, -0.15) is 31.0 Å². The molecule has 0 fully saturated rings. The van der Waals surface area contributed by atoms with E-state index in [2.05, 4.69) is 32.6 Å². The molecular weight excluding hydrogens is 412 g/mol. The van der Waals surface area contributed by atoms with Gasteiger partial charge in [0.1, 0.15) is 13.2 Å². The van der Waals surface area contributed by atoms with E-state index in [4.69, 9.17) is 9.47 Å². The molecule has 10 nitrogen and oxygen atoms in total. The molecule has 0 aliphatic rings. The summed E-state index contributed by atoms with van der Waals surface area (Å²) in [6.45, 7) is 8.26. The number of carbonyl (C=O) groups excluding carboxylic acids is 2. The van der Waals surface area contributed by atoms with E-state index in [0.29, 0.717) is 13.1 Å². The maximum atomic E-state index is 11.9. The van der Waals surface area contributed by atoms with Crippen molar-refractivity contribution in [3.63, 3.8) is 0 Å². The molecule has 0 heterocycles. The number of azo groups is 2. The summed E-state index contributed by atoms with van der Waals surface area (Å²) in [6.07, 6.45) is 4.16. The minimum Gasteiger partial charge on any atom is -0.462 e. The van der Waals surface area contributed by atoms with Crippen LogP contribution in [0.2, 0.25) is 0 Å². The number of esters is 2. The first-order valence-electron chi connectivity index (χ1n) is 11.1. The summed E-state index contributed by atoms with van der Waals surface area (Å²) in [5, 5.41) is 34.6. The highest BCUT2D eigenvalue weighted by Crippen LogP contribution is 2.19. The minimum atomic E-state index is -1.07. The average molecular weight is 449 g/mol. The maximum Gasteiger partial charge on any atom is 0.306 e. The van der Waals surface area contributed by atoms with Crippen molar-refractivity contribution in [2.45, 2.75) is 90.1 Å². The molecule has 0 radical (unpaired) electrons. The Kier molecular flexibility index (Phi) is 15.3. The van der Waals surface area contributed by atoms with Crippen molar-refractivity contribution in [2.75, 3.05) is 26.3 Å². The first kappa shape index (κ1) is 29.1. The van der Waals surface area contributed by atoms with Crippen LogP contribution in [0.25, 0.3) is 0 Å². The van der Waals surface area contributed by atoms with E-state index in [1.165, 1.54) is 0 Å². The van der Waals surface area contributed by atoms with Gasteiger partial charge < -0.3 is 9.47 Å². The van der Waals surface area contributed by atoms with Crippen LogP contribution in [0, 0.1) is 22.7 Å². The predicted molar refractivity (Wildman–Crippen MR) is 118 cm³/mol. The van der Waals surface area contributed by atoms with Crippen LogP contribution in [0.1, 0.15) is 79.1 Å². The second kappa shape index (κ2) is 16.8. The van der Waals surface area contributed by atoms with Gasteiger partial charge in [-0.1, -0.05) is 26.7 Å². The molecule has 0 N–H and O–H groups in total. The highest BCUT2D eigenvalue weighted by Gasteiger charge is 2.26. The Morgan fingerprint density at radius 3 is 1.47 bits per heavy atom. The first-order valence-corrected chi connectivity index (χ1v) is 11.1. The van der Waals surface area contributed by atoms with E-state index in [9.17, 15) is 20.1 Å². The molecule has 0 bridgehead atoms. The van der Waals surface area contributed by atoms with Crippen LogP contribution in [0.4, 0.5) is 0 Å². The molecule has 10 heteroatoms. The lowest BCUT2D eigenvalue weighted by atomic mass is 9.99. The van der Waals surface area contributed by atoms with E-state index in [1.54, 1.807) is 13.8 Å². The van der Waals surface area contributed by atoms with E-state index in [1.807, 2.05) is 13.8 Å². The van der Waals surface area contributed by atoms with E-state index >= 15 is 0 Å². The van der Waals surface area contributed by atoms with Gasteiger partial charge in [0, 0.05) is 12.8 Å². The third-order valence-electron chi connectivity index (χ3n) is 4.53. The largest absolute Gasteiger partial charge is 0.462 e. The lowest BCUT2D eigenvalue weighted by Crippen LogP contribution is -2.23. The third-order valence-corrected chi connectivity index (χ3v) is 4.53. The Hall–Kier alpha value is -2.88. The first-order chi connectivity index (χ1) is 15.2. The van der Waals surface area contributed by atoms with Gasteiger partial charge in [0.15, 0.2) is 11.1 Å². The van der Waals surface area contributed by atoms with Gasteiger partial charge in [0.25, 0.3) is 0 Å². The fraction of sp³-hybridized carbons (Fsp3) is 0.818. The molecule has 0 aromatic rings. The highest BCUT2D eigenvalue weighted by atomic mass is 16.6. The number of hydrogen-bond acceptors (Lipinski definition) is 10. The number of nitrogens with zero attached hydrogens (tertiary/aromatic N) is 6. The summed E-state index contributed by atoms with van der Waals surface area (Å²) in [5.41, 5.74) is -2.14. The Morgan fingerprint density at radius 2 is 1.16 bits per heavy atom. The Bertz CT molecular complexity index is 652. The smallest absolute Gasteiger partial charge is 0.306 e. The van der Waals surface area contributed by atoms with Crippen LogP contribution in [0.5, 0.6) is 0 Å². The lowest BCUT2D eigenvalue weighted by molar-refractivity contribution is -0.152. The maximum absolute atomic E-state index is 11.9. The summed E-state index contributed by atoms with van der Waals surface area (Å²) in [4.78, 5) is 23.7. The molecule has 2 atom stereocenters. The molecule has 0 saturated heterocycles. The summed E-state index contributed by atoms with van der Waals surface area (Å²) < 4.78 is 10.1. The van der Waals surface area contributed by atoms with Gasteiger partial charge in [-0.15, -0.1) is 0 Å². The van der Waals surface area contributed by atoms with Crippen molar-refractivity contribution in [1.82, 2.24) is 0 Å². The molecule has 0 rings (SSSR count). The van der Waals surface area contributed by atoms with Crippen molar-refractivity contribution in [1.29, 1.82) is 10.5 Å². The number of nitriles is 2. The summed E-state index contributed by atoms with van der Waals surface area (Å²) in [7, 11) is 0. The lowest BCUT2D eigenvalue weighted by Gasteiger charge is -2.15. The number of carbonyl (C=O) groups is 2. The molecule has 32 heavy (non-hydrogen) atoms. The van der Waals surface area contributed by atoms with Gasteiger partial charge >= 0.3 is 11.9 Å². The number of rotatable bonds is 17. The summed E-state index contributed by atoms with van der Waals surface area (Å²) >= 11 is 0. The molecule has 178 valence electrons. The molecule has 0 aromatic carbocycles. The fourth-order valence-corrected chi connectivity index (χ4v) is 2.27. The molecule has 2 unspecified atom stereocenters. The summed E-state index contributed by atoms with van der Waals surface area (Å²) in [5.74, 6) is -1.01. The second-order valence-corrected chi connectivity index (χ2v) is 7.85. The standard InChI is InChI=1S/C22H36N6O4/c1-5-7-13-25-27-21(3,17-23)11-9-19(29)31-15-16-32-20(30)10-12-22(4,18-24)28-26-14-8-6-2/h5-16H2,1-4H3/b27-25+,28-26+. The Balaban J connectivity index is 4.18. The van der Waals surface area contributed by atoms with Gasteiger partial charge in [0.05, 0.1) is 25.2 Å². The van der Waals surface area contributed by atoms with Crippen molar-refractivity contribution in [3.8, 4) is 12.1 Å². The minimum absolute atomic E-state index is 0.00830. The van der Waals surface area contributed by atoms with Crippen LogP contribution < -0.4 is 0 Å². The van der Waals surface area contributed by atoms with Gasteiger partial charge in [0.2, 0.25) is 0 Å². The van der Waals surface area contributed by atoms with Crippen LogP contribution in [0.3, 0.4) is 0 Å². The van der Waals surface area contributed by atoms with Crippen molar-refractivity contribution < 1.29 is 19.1 Å². The third kappa shape index (κ3) is 14.2. The summed E-state index contributed by atoms with van der Waals surface area (Å²) in [6, 6.07) is 4.14. The van der Waals surface area contributed by atoms with Crippen LogP contribution in [0.15, 0.2) is 20.5 Å². The molecule has 0 aliphatic carbocycles. The monoisotopic (exact) mass is 448 g/mol. The van der Waals surface area contributed by atoms with Crippen molar-refractivity contribution >= 4 is 11.9 Å². The zero-order chi connectivity index (χ0) is 24.3. The topological polar surface area (TPSA) is 150 Å². The molecule has 0 aromatic heterocycles. The van der Waals surface area contributed by atoms with Crippen molar-refractivity contribution in [2.24, 2.45) is 20.5 Å². The second-order valence-electron chi connectivity index (χ2n) is 7.85. The van der Waals surface area contributed by atoms with Crippen LogP contribution in [-0.4, -0.2) is 49.3 Å². The van der Waals surface area contributed by atoms with E-state index in [-0.39, 0.29) is 38.9 Å². The molecule has 0 saturated carbocycles. The van der Waals surface area contributed by atoms with Crippen LogP contribution in [-0.2, 0) is 19.1 Å². The van der Waals surface area contributed by atoms with Crippen LogP contribution >= 0.6 is 0 Å². The number of hydrogen-bond donors (Lipinski definition) is 0. The number of unbranched alkanes of at least 4 members (excludes halogenated alkanes) is 2. The molecular formula is C22H36N6O4. The van der Waals surface area contributed by atoms with E-state index in [0.717, 1.165) is 25.7 Å². The SMILES string of the molecule is CCCC/N=N/C(C)(C#N)CCC(=O)OCCOC(=O)CCC(C)(C#N)/N=N/CCCC. The average Bonchev–Trinajstić information content (AvgIpc) is 2.80. The molecule has 0 amide bonds. The van der Waals surface area contributed by atoms with Gasteiger partial charge in [-0.05, 0) is 39.5 Å². The van der Waals surface area contributed by atoms with Crippen molar-refractivity contribution in [3.05, 3.63) is 0 Å². The zero-order valence-electron chi connectivity index (χ0n) is 19.8. The fourth-order valence-electron chi connectivity index (χ4n) is 2.27.